The molecule has 114 valence electrons. The Labute approximate surface area is 127 Å². The highest BCUT2D eigenvalue weighted by Gasteiger charge is 2.23. The van der Waals surface area contributed by atoms with Crippen LogP contribution in [0.15, 0.2) is 12.3 Å². The zero-order valence-corrected chi connectivity index (χ0v) is 12.5. The summed E-state index contributed by atoms with van der Waals surface area (Å²) >= 11 is 5.86. The Hall–Kier alpha value is -1.73. The van der Waals surface area contributed by atoms with Crippen LogP contribution in [0.5, 0.6) is 0 Å². The SMILES string of the molecule is CCN1CCCC(NC(=O)c2cc([N+](=O)[O-])cnc2Cl)C1. The molecule has 0 radical (unpaired) electrons. The van der Waals surface area contributed by atoms with Crippen molar-refractivity contribution in [2.75, 3.05) is 19.6 Å². The topological polar surface area (TPSA) is 88.4 Å². The van der Waals surface area contributed by atoms with E-state index in [0.29, 0.717) is 0 Å². The summed E-state index contributed by atoms with van der Waals surface area (Å²) in [5, 5.41) is 13.6. The zero-order chi connectivity index (χ0) is 15.4. The van der Waals surface area contributed by atoms with Crippen LogP contribution in [0.4, 0.5) is 5.69 Å². The molecule has 0 spiro atoms. The molecular weight excluding hydrogens is 296 g/mol. The number of halogens is 1. The number of piperidine rings is 1. The summed E-state index contributed by atoms with van der Waals surface area (Å²) in [5.74, 6) is -0.417. The molecule has 1 saturated heterocycles. The van der Waals surface area contributed by atoms with Crippen molar-refractivity contribution >= 4 is 23.2 Å². The third-order valence-electron chi connectivity index (χ3n) is 3.57. The highest BCUT2D eigenvalue weighted by atomic mass is 35.5. The van der Waals surface area contributed by atoms with Crippen LogP contribution in [-0.4, -0.2) is 46.4 Å². The minimum Gasteiger partial charge on any atom is -0.348 e. The average Bonchev–Trinajstić information content (AvgIpc) is 2.47. The van der Waals surface area contributed by atoms with Crippen LogP contribution in [0.3, 0.4) is 0 Å². The largest absolute Gasteiger partial charge is 0.348 e. The van der Waals surface area contributed by atoms with Gasteiger partial charge in [-0.1, -0.05) is 18.5 Å². The van der Waals surface area contributed by atoms with Gasteiger partial charge in [0.1, 0.15) is 11.3 Å². The van der Waals surface area contributed by atoms with Gasteiger partial charge in [-0.15, -0.1) is 0 Å². The third-order valence-corrected chi connectivity index (χ3v) is 3.87. The summed E-state index contributed by atoms with van der Waals surface area (Å²) in [6, 6.07) is 1.19. The lowest BCUT2D eigenvalue weighted by Gasteiger charge is -2.32. The molecule has 0 aromatic carbocycles. The first-order valence-electron chi connectivity index (χ1n) is 6.84. The Kier molecular flexibility index (Phi) is 5.08. The number of carbonyl (C=O) groups is 1. The summed E-state index contributed by atoms with van der Waals surface area (Å²) in [5.41, 5.74) is -0.206. The van der Waals surface area contributed by atoms with Crippen LogP contribution in [0.2, 0.25) is 5.15 Å². The molecule has 7 nitrogen and oxygen atoms in total. The number of hydrogen-bond donors (Lipinski definition) is 1. The van der Waals surface area contributed by atoms with Crippen molar-refractivity contribution in [2.45, 2.75) is 25.8 Å². The molecule has 8 heteroatoms. The van der Waals surface area contributed by atoms with Crippen molar-refractivity contribution in [3.8, 4) is 0 Å². The Balaban J connectivity index is 2.09. The van der Waals surface area contributed by atoms with Crippen LogP contribution >= 0.6 is 11.6 Å². The lowest BCUT2D eigenvalue weighted by atomic mass is 10.1. The molecule has 0 saturated carbocycles. The maximum absolute atomic E-state index is 12.2. The fraction of sp³-hybridized carbons (Fsp3) is 0.538. The van der Waals surface area contributed by atoms with Gasteiger partial charge in [0.15, 0.2) is 0 Å². The maximum Gasteiger partial charge on any atom is 0.288 e. The van der Waals surface area contributed by atoms with Gasteiger partial charge in [0.05, 0.1) is 10.5 Å². The van der Waals surface area contributed by atoms with Gasteiger partial charge in [-0.3, -0.25) is 14.9 Å². The first kappa shape index (κ1) is 15.7. The molecule has 1 aliphatic heterocycles. The normalized spacial score (nSPS) is 19.2. The number of aromatic nitrogens is 1. The van der Waals surface area contributed by atoms with E-state index in [-0.39, 0.29) is 22.4 Å². The van der Waals surface area contributed by atoms with Crippen LogP contribution < -0.4 is 5.32 Å². The number of nitrogens with one attached hydrogen (secondary N) is 1. The number of nitrogens with zero attached hydrogens (tertiary/aromatic N) is 3. The van der Waals surface area contributed by atoms with E-state index in [0.717, 1.165) is 44.7 Å². The van der Waals surface area contributed by atoms with Crippen molar-refractivity contribution in [1.82, 2.24) is 15.2 Å². The van der Waals surface area contributed by atoms with E-state index in [9.17, 15) is 14.9 Å². The molecule has 1 unspecified atom stereocenters. The van der Waals surface area contributed by atoms with Crippen molar-refractivity contribution in [1.29, 1.82) is 0 Å². The number of rotatable bonds is 4. The van der Waals surface area contributed by atoms with Gasteiger partial charge in [0, 0.05) is 18.7 Å². The maximum atomic E-state index is 12.2. The third kappa shape index (κ3) is 3.89. The van der Waals surface area contributed by atoms with Gasteiger partial charge >= 0.3 is 0 Å². The molecule has 1 aromatic heterocycles. The van der Waals surface area contributed by atoms with E-state index in [2.05, 4.69) is 22.1 Å². The van der Waals surface area contributed by atoms with Gasteiger partial charge in [0.25, 0.3) is 11.6 Å². The second-order valence-electron chi connectivity index (χ2n) is 4.99. The number of pyridine rings is 1. The summed E-state index contributed by atoms with van der Waals surface area (Å²) in [6.45, 7) is 4.82. The predicted octanol–water partition coefficient (Wildman–Crippen LogP) is 1.86. The molecule has 1 amide bonds. The van der Waals surface area contributed by atoms with Crippen molar-refractivity contribution in [3.63, 3.8) is 0 Å². The standard InChI is InChI=1S/C13H17ClN4O3/c1-2-17-5-3-4-9(8-17)16-13(19)11-6-10(18(20)21)7-15-12(11)14/h6-7,9H,2-5,8H2,1H3,(H,16,19). The first-order chi connectivity index (χ1) is 10.0. The number of hydrogen-bond acceptors (Lipinski definition) is 5. The summed E-state index contributed by atoms with van der Waals surface area (Å²) in [7, 11) is 0. The number of likely N-dealkylation sites (N-methyl/N-ethyl adjacent to an activating group) is 1. The van der Waals surface area contributed by atoms with Crippen molar-refractivity contribution in [2.24, 2.45) is 0 Å². The van der Waals surface area contributed by atoms with Gasteiger partial charge in [-0.25, -0.2) is 4.98 Å². The van der Waals surface area contributed by atoms with Crippen LogP contribution in [0.1, 0.15) is 30.1 Å². The van der Waals surface area contributed by atoms with E-state index in [1.165, 1.54) is 0 Å². The molecular formula is C13H17ClN4O3. The molecule has 1 fully saturated rings. The second-order valence-corrected chi connectivity index (χ2v) is 5.35. The van der Waals surface area contributed by atoms with Gasteiger partial charge in [0.2, 0.25) is 0 Å². The highest BCUT2D eigenvalue weighted by molar-refractivity contribution is 6.32. The first-order valence-corrected chi connectivity index (χ1v) is 7.22. The summed E-state index contributed by atoms with van der Waals surface area (Å²) in [6.07, 6.45) is 2.94. The van der Waals surface area contributed by atoms with Gasteiger partial charge in [-0.2, -0.15) is 0 Å². The Morgan fingerprint density at radius 1 is 1.67 bits per heavy atom. The molecule has 2 rings (SSSR count). The van der Waals surface area contributed by atoms with E-state index < -0.39 is 10.8 Å². The lowest BCUT2D eigenvalue weighted by molar-refractivity contribution is -0.385. The number of amides is 1. The van der Waals surface area contributed by atoms with Crippen LogP contribution in [-0.2, 0) is 0 Å². The predicted molar refractivity (Wildman–Crippen MR) is 78.5 cm³/mol. The van der Waals surface area contributed by atoms with Crippen molar-refractivity contribution in [3.05, 3.63) is 33.1 Å². The van der Waals surface area contributed by atoms with E-state index in [1.54, 1.807) is 0 Å². The molecule has 1 aromatic rings. The molecule has 1 aliphatic rings. The van der Waals surface area contributed by atoms with Gasteiger partial charge < -0.3 is 10.2 Å². The number of nitro groups is 1. The number of carbonyl (C=O) groups excluding carboxylic acids is 1. The number of likely N-dealkylation sites (tertiary alicyclic amines) is 1. The molecule has 1 N–H and O–H groups in total. The van der Waals surface area contributed by atoms with Crippen LogP contribution in [0.25, 0.3) is 0 Å². The average molecular weight is 313 g/mol. The van der Waals surface area contributed by atoms with E-state index >= 15 is 0 Å². The fourth-order valence-corrected chi connectivity index (χ4v) is 2.61. The van der Waals surface area contributed by atoms with E-state index in [1.807, 2.05) is 0 Å². The quantitative estimate of drug-likeness (QED) is 0.521. The Morgan fingerprint density at radius 3 is 3.10 bits per heavy atom. The minimum absolute atomic E-state index is 0.0266. The molecule has 1 atom stereocenters. The molecule has 21 heavy (non-hydrogen) atoms. The van der Waals surface area contributed by atoms with Crippen molar-refractivity contribution < 1.29 is 9.72 Å². The lowest BCUT2D eigenvalue weighted by Crippen LogP contribution is -2.47. The summed E-state index contributed by atoms with van der Waals surface area (Å²) in [4.78, 5) is 28.3. The zero-order valence-electron chi connectivity index (χ0n) is 11.7. The molecule has 2 heterocycles. The molecule has 0 aliphatic carbocycles. The minimum atomic E-state index is -0.598. The van der Waals surface area contributed by atoms with E-state index in [4.69, 9.17) is 11.6 Å². The molecule has 0 bridgehead atoms. The highest BCUT2D eigenvalue weighted by Crippen LogP contribution is 2.19. The summed E-state index contributed by atoms with van der Waals surface area (Å²) < 4.78 is 0. The smallest absolute Gasteiger partial charge is 0.288 e. The second kappa shape index (κ2) is 6.82. The van der Waals surface area contributed by atoms with Gasteiger partial charge in [-0.05, 0) is 25.9 Å². The Bertz CT molecular complexity index is 552. The monoisotopic (exact) mass is 312 g/mol. The Morgan fingerprint density at radius 2 is 2.43 bits per heavy atom. The fourth-order valence-electron chi connectivity index (χ4n) is 2.42. The van der Waals surface area contributed by atoms with Crippen LogP contribution in [0, 0.1) is 10.1 Å².